The van der Waals surface area contributed by atoms with Crippen LogP contribution in [-0.2, 0) is 4.74 Å². The van der Waals surface area contributed by atoms with Gasteiger partial charge in [0.2, 0.25) is 5.88 Å². The number of hydrogen-bond donors (Lipinski definition) is 0. The second-order valence-electron chi connectivity index (χ2n) is 4.22. The van der Waals surface area contributed by atoms with Crippen LogP contribution in [0.2, 0.25) is 0 Å². The highest BCUT2D eigenvalue weighted by atomic mass is 16.5. The van der Waals surface area contributed by atoms with E-state index in [1.807, 2.05) is 24.3 Å². The molecule has 0 fully saturated rings. The van der Waals surface area contributed by atoms with Crippen LogP contribution in [0.5, 0.6) is 5.88 Å². The van der Waals surface area contributed by atoms with Crippen molar-refractivity contribution in [2.75, 3.05) is 13.7 Å². The van der Waals surface area contributed by atoms with Crippen LogP contribution >= 0.6 is 0 Å². The molecule has 4 heteroatoms. The molecule has 0 radical (unpaired) electrons. The monoisotopic (exact) mass is 259 g/mol. The Morgan fingerprint density at radius 2 is 2.11 bits per heavy atom. The summed E-state index contributed by atoms with van der Waals surface area (Å²) in [6.07, 6.45) is 2.01. The van der Waals surface area contributed by atoms with E-state index in [0.717, 1.165) is 23.7 Å². The summed E-state index contributed by atoms with van der Waals surface area (Å²) >= 11 is 0. The fraction of sp³-hybridized carbons (Fsp3) is 0.333. The van der Waals surface area contributed by atoms with Crippen molar-refractivity contribution in [1.29, 1.82) is 0 Å². The molecule has 0 spiro atoms. The van der Waals surface area contributed by atoms with Crippen LogP contribution in [0.25, 0.3) is 10.9 Å². The molecule has 0 bridgehead atoms. The van der Waals surface area contributed by atoms with Gasteiger partial charge in [0.1, 0.15) is 0 Å². The van der Waals surface area contributed by atoms with E-state index in [1.165, 1.54) is 7.11 Å². The summed E-state index contributed by atoms with van der Waals surface area (Å²) in [5.41, 5.74) is 1.22. The first-order valence-electron chi connectivity index (χ1n) is 6.37. The van der Waals surface area contributed by atoms with Gasteiger partial charge in [-0.25, -0.2) is 9.78 Å². The number of fused-ring (bicyclic) bond motifs is 1. The molecular formula is C15H17NO3. The van der Waals surface area contributed by atoms with Crippen molar-refractivity contribution in [3.8, 4) is 5.88 Å². The molecular weight excluding hydrogens is 242 g/mol. The molecule has 0 unspecified atom stereocenters. The van der Waals surface area contributed by atoms with Gasteiger partial charge in [-0.3, -0.25) is 0 Å². The molecule has 0 saturated carbocycles. The second-order valence-corrected chi connectivity index (χ2v) is 4.22. The number of nitrogens with zero attached hydrogens (tertiary/aromatic N) is 1. The number of rotatable bonds is 5. The molecule has 0 N–H and O–H groups in total. The topological polar surface area (TPSA) is 48.4 Å². The van der Waals surface area contributed by atoms with Crippen molar-refractivity contribution in [2.24, 2.45) is 0 Å². The Hall–Kier alpha value is -2.10. The molecule has 2 aromatic rings. The Morgan fingerprint density at radius 3 is 2.84 bits per heavy atom. The number of unbranched alkanes of at least 4 members (excludes halogenated alkanes) is 1. The van der Waals surface area contributed by atoms with Gasteiger partial charge in [-0.05, 0) is 12.5 Å². The summed E-state index contributed by atoms with van der Waals surface area (Å²) in [4.78, 5) is 16.2. The first-order chi connectivity index (χ1) is 9.26. The number of para-hydroxylation sites is 1. The molecule has 4 nitrogen and oxygen atoms in total. The van der Waals surface area contributed by atoms with Crippen molar-refractivity contribution in [3.63, 3.8) is 0 Å². The van der Waals surface area contributed by atoms with Crippen LogP contribution in [-0.4, -0.2) is 24.7 Å². The maximum absolute atomic E-state index is 11.8. The summed E-state index contributed by atoms with van der Waals surface area (Å²) in [6, 6.07) is 9.10. The summed E-state index contributed by atoms with van der Waals surface area (Å²) in [7, 11) is 1.37. The lowest BCUT2D eigenvalue weighted by molar-refractivity contribution is 0.0602. The van der Waals surface area contributed by atoms with Gasteiger partial charge in [0, 0.05) is 11.5 Å². The minimum Gasteiger partial charge on any atom is -0.478 e. The van der Waals surface area contributed by atoms with E-state index in [1.54, 1.807) is 6.07 Å². The normalized spacial score (nSPS) is 10.4. The lowest BCUT2D eigenvalue weighted by Crippen LogP contribution is -2.05. The number of carbonyl (C=O) groups is 1. The molecule has 1 aromatic carbocycles. The van der Waals surface area contributed by atoms with E-state index in [4.69, 9.17) is 9.47 Å². The standard InChI is InChI=1S/C15H17NO3/c1-3-4-9-19-14-10-12(15(17)18-2)11-7-5-6-8-13(11)16-14/h5-8,10H,3-4,9H2,1-2H3. The van der Waals surface area contributed by atoms with Gasteiger partial charge in [0.05, 0.1) is 24.8 Å². The second kappa shape index (κ2) is 6.18. The van der Waals surface area contributed by atoms with Crippen LogP contribution in [0.3, 0.4) is 0 Å². The maximum atomic E-state index is 11.8. The minimum absolute atomic E-state index is 0.376. The van der Waals surface area contributed by atoms with Crippen molar-refractivity contribution in [1.82, 2.24) is 4.98 Å². The number of benzene rings is 1. The van der Waals surface area contributed by atoms with E-state index >= 15 is 0 Å². The highest BCUT2D eigenvalue weighted by Crippen LogP contribution is 2.22. The third-order valence-electron chi connectivity index (χ3n) is 2.85. The number of carbonyl (C=O) groups excluding carboxylic acids is 1. The molecule has 0 aliphatic heterocycles. The van der Waals surface area contributed by atoms with Gasteiger partial charge < -0.3 is 9.47 Å². The van der Waals surface area contributed by atoms with Crippen LogP contribution in [0.1, 0.15) is 30.1 Å². The zero-order valence-electron chi connectivity index (χ0n) is 11.2. The fourth-order valence-electron chi connectivity index (χ4n) is 1.82. The predicted molar refractivity (Wildman–Crippen MR) is 73.5 cm³/mol. The van der Waals surface area contributed by atoms with Crippen molar-refractivity contribution >= 4 is 16.9 Å². The summed E-state index contributed by atoms with van der Waals surface area (Å²) in [6.45, 7) is 2.69. The first kappa shape index (κ1) is 13.3. The highest BCUT2D eigenvalue weighted by Gasteiger charge is 2.13. The number of aromatic nitrogens is 1. The smallest absolute Gasteiger partial charge is 0.338 e. The third kappa shape index (κ3) is 3.02. The first-order valence-corrected chi connectivity index (χ1v) is 6.37. The van der Waals surface area contributed by atoms with Gasteiger partial charge >= 0.3 is 5.97 Å². The largest absolute Gasteiger partial charge is 0.478 e. The molecule has 1 heterocycles. The molecule has 19 heavy (non-hydrogen) atoms. The molecule has 0 amide bonds. The van der Waals surface area contributed by atoms with Crippen molar-refractivity contribution in [3.05, 3.63) is 35.9 Å². The number of hydrogen-bond acceptors (Lipinski definition) is 4. The van der Waals surface area contributed by atoms with E-state index < -0.39 is 0 Å². The third-order valence-corrected chi connectivity index (χ3v) is 2.85. The van der Waals surface area contributed by atoms with Gasteiger partial charge in [-0.1, -0.05) is 31.5 Å². The Kier molecular flexibility index (Phi) is 4.34. The van der Waals surface area contributed by atoms with Crippen LogP contribution in [0, 0.1) is 0 Å². The van der Waals surface area contributed by atoms with E-state index in [0.29, 0.717) is 18.1 Å². The van der Waals surface area contributed by atoms with E-state index in [2.05, 4.69) is 11.9 Å². The number of methoxy groups -OCH3 is 1. The van der Waals surface area contributed by atoms with Crippen LogP contribution < -0.4 is 4.74 Å². The predicted octanol–water partition coefficient (Wildman–Crippen LogP) is 3.20. The molecule has 0 aliphatic rings. The lowest BCUT2D eigenvalue weighted by atomic mass is 10.1. The van der Waals surface area contributed by atoms with Gasteiger partial charge in [-0.15, -0.1) is 0 Å². The summed E-state index contributed by atoms with van der Waals surface area (Å²) < 4.78 is 10.4. The van der Waals surface area contributed by atoms with Gasteiger partial charge in [-0.2, -0.15) is 0 Å². The maximum Gasteiger partial charge on any atom is 0.338 e. The lowest BCUT2D eigenvalue weighted by Gasteiger charge is -2.09. The van der Waals surface area contributed by atoms with Crippen molar-refractivity contribution < 1.29 is 14.3 Å². The number of pyridine rings is 1. The molecule has 100 valence electrons. The average molecular weight is 259 g/mol. The highest BCUT2D eigenvalue weighted by molar-refractivity contribution is 6.03. The van der Waals surface area contributed by atoms with E-state index in [-0.39, 0.29) is 5.97 Å². The molecule has 0 saturated heterocycles. The van der Waals surface area contributed by atoms with Crippen molar-refractivity contribution in [2.45, 2.75) is 19.8 Å². The van der Waals surface area contributed by atoms with Gasteiger partial charge in [0.25, 0.3) is 0 Å². The Bertz CT molecular complexity index is 581. The summed E-state index contributed by atoms with van der Waals surface area (Å²) in [5, 5.41) is 0.775. The Morgan fingerprint density at radius 1 is 1.32 bits per heavy atom. The van der Waals surface area contributed by atoms with Crippen LogP contribution in [0.15, 0.2) is 30.3 Å². The molecule has 2 rings (SSSR count). The van der Waals surface area contributed by atoms with Crippen LogP contribution in [0.4, 0.5) is 0 Å². The zero-order valence-corrected chi connectivity index (χ0v) is 11.2. The Labute approximate surface area is 112 Å². The summed E-state index contributed by atoms with van der Waals surface area (Å²) in [5.74, 6) is 0.0893. The number of ether oxygens (including phenoxy) is 2. The molecule has 1 aromatic heterocycles. The average Bonchev–Trinajstić information content (AvgIpc) is 2.46. The zero-order chi connectivity index (χ0) is 13.7. The van der Waals surface area contributed by atoms with Gasteiger partial charge in [0.15, 0.2) is 0 Å². The molecule has 0 aliphatic carbocycles. The Balaban J connectivity index is 2.41. The quantitative estimate of drug-likeness (QED) is 0.611. The minimum atomic E-state index is -0.376. The fourth-order valence-corrected chi connectivity index (χ4v) is 1.82. The SMILES string of the molecule is CCCCOc1cc(C(=O)OC)c2ccccc2n1. The molecule has 0 atom stereocenters. The number of esters is 1. The van der Waals surface area contributed by atoms with E-state index in [9.17, 15) is 4.79 Å².